The lowest BCUT2D eigenvalue weighted by Gasteiger charge is -2.35. The van der Waals surface area contributed by atoms with Crippen LogP contribution in [0.1, 0.15) is 48.2 Å². The van der Waals surface area contributed by atoms with Gasteiger partial charge in [-0.3, -0.25) is 4.79 Å². The topological polar surface area (TPSA) is 73.5 Å². The third kappa shape index (κ3) is 7.59. The Bertz CT molecular complexity index is 1180. The fraction of sp³-hybridized carbons (Fsp3) is 0.355. The maximum atomic E-state index is 13.2. The van der Waals surface area contributed by atoms with Gasteiger partial charge in [0.15, 0.2) is 0 Å². The van der Waals surface area contributed by atoms with Crippen molar-refractivity contribution >= 4 is 29.0 Å². The van der Waals surface area contributed by atoms with Crippen LogP contribution in [0.2, 0.25) is 0 Å². The van der Waals surface area contributed by atoms with Crippen molar-refractivity contribution in [2.24, 2.45) is 11.8 Å². The molecule has 3 N–H and O–H groups in total. The lowest BCUT2D eigenvalue weighted by molar-refractivity contribution is 0.0949. The molecule has 6 nitrogen and oxygen atoms in total. The molecule has 1 heterocycles. The summed E-state index contributed by atoms with van der Waals surface area (Å²) in [7, 11) is 0. The highest BCUT2D eigenvalue weighted by Crippen LogP contribution is 2.30. The Balaban J connectivity index is 1.46. The van der Waals surface area contributed by atoms with Crippen LogP contribution in [-0.4, -0.2) is 31.6 Å². The highest BCUT2D eigenvalue weighted by molar-refractivity contribution is 6.04. The fourth-order valence-electron chi connectivity index (χ4n) is 4.72. The van der Waals surface area contributed by atoms with Crippen molar-refractivity contribution in [2.75, 3.05) is 35.2 Å². The van der Waals surface area contributed by atoms with Crippen LogP contribution in [0.3, 0.4) is 0 Å². The van der Waals surface area contributed by atoms with Gasteiger partial charge in [-0.15, -0.1) is 0 Å². The van der Waals surface area contributed by atoms with Gasteiger partial charge in [0, 0.05) is 36.7 Å². The van der Waals surface area contributed by atoms with Crippen LogP contribution in [0.4, 0.5) is 21.9 Å². The molecule has 0 bridgehead atoms. The van der Waals surface area contributed by atoms with Crippen molar-refractivity contribution in [3.05, 3.63) is 89.5 Å². The van der Waals surface area contributed by atoms with Gasteiger partial charge >= 0.3 is 6.03 Å². The number of carbonyl (C=O) groups is 2. The molecule has 194 valence electrons. The Kier molecular flexibility index (Phi) is 8.83. The minimum Gasteiger partial charge on any atom is -0.371 e. The smallest absolute Gasteiger partial charge is 0.323 e. The number of carbonyl (C=O) groups excluding carboxylic acids is 2. The second kappa shape index (κ2) is 12.4. The van der Waals surface area contributed by atoms with Gasteiger partial charge < -0.3 is 20.9 Å². The molecule has 1 aliphatic rings. The molecule has 3 aromatic carbocycles. The highest BCUT2D eigenvalue weighted by atomic mass is 16.2. The van der Waals surface area contributed by atoms with Crippen LogP contribution in [0, 0.1) is 18.8 Å². The Hall–Kier alpha value is -3.80. The number of anilines is 3. The van der Waals surface area contributed by atoms with E-state index in [-0.39, 0.29) is 11.9 Å². The van der Waals surface area contributed by atoms with E-state index in [1.54, 1.807) is 6.07 Å². The van der Waals surface area contributed by atoms with Gasteiger partial charge in [-0.2, -0.15) is 0 Å². The molecule has 6 heteroatoms. The lowest BCUT2D eigenvalue weighted by atomic mass is 9.89. The van der Waals surface area contributed by atoms with Crippen molar-refractivity contribution in [2.45, 2.75) is 40.0 Å². The molecular formula is C31H38N4O2. The second-order valence-corrected chi connectivity index (χ2v) is 10.4. The summed E-state index contributed by atoms with van der Waals surface area (Å²) in [5.74, 6) is 0.878. The zero-order valence-corrected chi connectivity index (χ0v) is 22.1. The van der Waals surface area contributed by atoms with E-state index in [0.717, 1.165) is 43.6 Å². The first-order valence-electron chi connectivity index (χ1n) is 13.2. The summed E-state index contributed by atoms with van der Waals surface area (Å²) >= 11 is 0. The van der Waals surface area contributed by atoms with Crippen LogP contribution in [0.5, 0.6) is 0 Å². The predicted molar refractivity (Wildman–Crippen MR) is 153 cm³/mol. The zero-order valence-electron chi connectivity index (χ0n) is 22.1. The van der Waals surface area contributed by atoms with E-state index >= 15 is 0 Å². The van der Waals surface area contributed by atoms with Crippen molar-refractivity contribution in [3.63, 3.8) is 0 Å². The second-order valence-electron chi connectivity index (χ2n) is 10.4. The Morgan fingerprint density at radius 1 is 0.892 bits per heavy atom. The Labute approximate surface area is 220 Å². The quantitative estimate of drug-likeness (QED) is 0.333. The van der Waals surface area contributed by atoms with Gasteiger partial charge in [0.05, 0.1) is 5.56 Å². The Morgan fingerprint density at radius 3 is 2.22 bits per heavy atom. The number of amides is 3. The summed E-state index contributed by atoms with van der Waals surface area (Å²) in [4.78, 5) is 28.1. The van der Waals surface area contributed by atoms with Crippen LogP contribution in [-0.2, 0) is 6.42 Å². The maximum absolute atomic E-state index is 13.2. The summed E-state index contributed by atoms with van der Waals surface area (Å²) in [6.07, 6.45) is 3.26. The minimum atomic E-state index is -0.341. The van der Waals surface area contributed by atoms with Gasteiger partial charge in [-0.05, 0) is 73.9 Å². The number of aryl methyl sites for hydroxylation is 1. The van der Waals surface area contributed by atoms with Crippen LogP contribution in [0.15, 0.2) is 72.8 Å². The van der Waals surface area contributed by atoms with Crippen LogP contribution >= 0.6 is 0 Å². The third-order valence-electron chi connectivity index (χ3n) is 6.80. The molecule has 4 rings (SSSR count). The van der Waals surface area contributed by atoms with Gasteiger partial charge in [-0.1, -0.05) is 61.9 Å². The van der Waals surface area contributed by atoms with E-state index in [1.807, 2.05) is 43.3 Å². The molecule has 3 amide bonds. The average molecular weight is 499 g/mol. The van der Waals surface area contributed by atoms with Gasteiger partial charge in [0.25, 0.3) is 5.91 Å². The predicted octanol–water partition coefficient (Wildman–Crippen LogP) is 6.48. The van der Waals surface area contributed by atoms with Crippen LogP contribution < -0.4 is 20.9 Å². The molecule has 0 radical (unpaired) electrons. The van der Waals surface area contributed by atoms with Gasteiger partial charge in [0.2, 0.25) is 0 Å². The number of hydrogen-bond acceptors (Lipinski definition) is 3. The number of nitrogens with one attached hydrogen (secondary N) is 3. The summed E-state index contributed by atoms with van der Waals surface area (Å²) in [6.45, 7) is 8.56. The van der Waals surface area contributed by atoms with Crippen molar-refractivity contribution < 1.29 is 9.59 Å². The normalized spacial score (nSPS) is 13.9. The minimum absolute atomic E-state index is 0.113. The summed E-state index contributed by atoms with van der Waals surface area (Å²) < 4.78 is 0. The largest absolute Gasteiger partial charge is 0.371 e. The molecule has 37 heavy (non-hydrogen) atoms. The highest BCUT2D eigenvalue weighted by Gasteiger charge is 2.24. The van der Waals surface area contributed by atoms with Gasteiger partial charge in [-0.25, -0.2) is 4.79 Å². The summed E-state index contributed by atoms with van der Waals surface area (Å²) in [5.41, 5.74) is 5.32. The first-order valence-corrected chi connectivity index (χ1v) is 13.2. The van der Waals surface area contributed by atoms with Crippen molar-refractivity contribution in [1.82, 2.24) is 5.32 Å². The van der Waals surface area contributed by atoms with E-state index in [0.29, 0.717) is 35.3 Å². The number of benzene rings is 3. The van der Waals surface area contributed by atoms with Crippen molar-refractivity contribution in [1.29, 1.82) is 0 Å². The number of rotatable bonds is 8. The van der Waals surface area contributed by atoms with E-state index in [1.165, 1.54) is 5.56 Å². The summed E-state index contributed by atoms with van der Waals surface area (Å²) in [5, 5.41) is 8.78. The first-order chi connectivity index (χ1) is 17.9. The molecular weight excluding hydrogens is 460 g/mol. The Morgan fingerprint density at radius 2 is 1.54 bits per heavy atom. The standard InChI is InChI=1S/C31H38N4O2/c1-22(2)21-32-30(36)28-20-27(34-31(37)33-26-11-9-23(3)10-12-26)13-14-29(28)35-17-15-25(16-18-35)19-24-7-5-4-6-8-24/h4-14,20,22,25H,15-19,21H2,1-3H3,(H,32,36)(H2,33,34,37). The molecule has 0 aliphatic carbocycles. The van der Waals surface area contributed by atoms with Gasteiger partial charge in [0.1, 0.15) is 0 Å². The average Bonchev–Trinajstić information content (AvgIpc) is 2.89. The molecule has 0 unspecified atom stereocenters. The van der Waals surface area contributed by atoms with E-state index in [2.05, 4.69) is 65.0 Å². The lowest BCUT2D eigenvalue weighted by Crippen LogP contribution is -2.36. The molecule has 0 saturated carbocycles. The number of urea groups is 1. The van der Waals surface area contributed by atoms with Crippen molar-refractivity contribution in [3.8, 4) is 0 Å². The van der Waals surface area contributed by atoms with Crippen LogP contribution in [0.25, 0.3) is 0 Å². The molecule has 1 fully saturated rings. The molecule has 0 atom stereocenters. The third-order valence-corrected chi connectivity index (χ3v) is 6.80. The molecule has 3 aromatic rings. The van der Waals surface area contributed by atoms with E-state index in [9.17, 15) is 9.59 Å². The monoisotopic (exact) mass is 498 g/mol. The van der Waals surface area contributed by atoms with E-state index < -0.39 is 0 Å². The molecule has 0 aromatic heterocycles. The first kappa shape index (κ1) is 26.3. The number of hydrogen-bond donors (Lipinski definition) is 3. The maximum Gasteiger partial charge on any atom is 0.323 e. The SMILES string of the molecule is Cc1ccc(NC(=O)Nc2ccc(N3CCC(Cc4ccccc4)CC3)c(C(=O)NCC(C)C)c2)cc1. The number of piperidine rings is 1. The number of nitrogens with zero attached hydrogens (tertiary/aromatic N) is 1. The fourth-order valence-corrected chi connectivity index (χ4v) is 4.72. The molecule has 1 saturated heterocycles. The van der Waals surface area contributed by atoms with E-state index in [4.69, 9.17) is 0 Å². The molecule has 1 aliphatic heterocycles. The summed E-state index contributed by atoms with van der Waals surface area (Å²) in [6, 6.07) is 23.6. The zero-order chi connectivity index (χ0) is 26.2. The molecule has 0 spiro atoms.